The van der Waals surface area contributed by atoms with Crippen LogP contribution in [0.4, 0.5) is 5.95 Å². The Bertz CT molecular complexity index is 907. The van der Waals surface area contributed by atoms with E-state index in [0.29, 0.717) is 23.3 Å². The zero-order valence-corrected chi connectivity index (χ0v) is 14.6. The summed E-state index contributed by atoms with van der Waals surface area (Å²) >= 11 is 1.52. The molecule has 1 aromatic heterocycles. The van der Waals surface area contributed by atoms with E-state index in [0.717, 1.165) is 34.7 Å². The highest BCUT2D eigenvalue weighted by Crippen LogP contribution is 2.35. The summed E-state index contributed by atoms with van der Waals surface area (Å²) in [6.07, 6.45) is 4.08. The Balaban J connectivity index is 1.64. The van der Waals surface area contributed by atoms with E-state index in [2.05, 4.69) is 26.7 Å². The standard InChI is InChI=1S/C19H17N5S/c1-12-10-21-19(22-14-7-8-14)24-17(12)15(9-20)18-23-16(11-25-18)13-5-3-2-4-6-13/h2-6,10-11,14,23H,7-8H2,1H3,(H,21,22,24). The molecule has 1 aromatic carbocycles. The molecule has 0 unspecified atom stereocenters. The quantitative estimate of drug-likeness (QED) is 0.818. The lowest BCUT2D eigenvalue weighted by molar-refractivity contribution is 1.03. The Hall–Kier alpha value is -2.78. The molecule has 1 aliphatic heterocycles. The molecular weight excluding hydrogens is 330 g/mol. The number of benzene rings is 1. The largest absolute Gasteiger partial charge is 0.351 e. The van der Waals surface area contributed by atoms with E-state index in [9.17, 15) is 5.26 Å². The van der Waals surface area contributed by atoms with Crippen LogP contribution in [0, 0.1) is 18.3 Å². The van der Waals surface area contributed by atoms with Crippen LogP contribution in [0.3, 0.4) is 0 Å². The maximum absolute atomic E-state index is 9.74. The number of hydrogen-bond donors (Lipinski definition) is 2. The fraction of sp³-hybridized carbons (Fsp3) is 0.211. The summed E-state index contributed by atoms with van der Waals surface area (Å²) in [7, 11) is 0. The molecule has 0 spiro atoms. The first-order chi connectivity index (χ1) is 12.2. The van der Waals surface area contributed by atoms with Crippen molar-refractivity contribution in [3.63, 3.8) is 0 Å². The SMILES string of the molecule is Cc1cnc(NC2CC2)nc1C(C#N)=C1NC(c2ccccc2)=CS1. The van der Waals surface area contributed by atoms with Gasteiger partial charge in [0.25, 0.3) is 0 Å². The molecule has 2 heterocycles. The first-order valence-corrected chi connectivity index (χ1v) is 9.07. The molecule has 1 aliphatic carbocycles. The van der Waals surface area contributed by atoms with Crippen LogP contribution in [0.2, 0.25) is 0 Å². The second kappa shape index (κ2) is 6.61. The predicted molar refractivity (Wildman–Crippen MR) is 101 cm³/mol. The molecule has 6 heteroatoms. The first-order valence-electron chi connectivity index (χ1n) is 8.19. The van der Waals surface area contributed by atoms with Crippen molar-refractivity contribution in [3.8, 4) is 6.07 Å². The van der Waals surface area contributed by atoms with Crippen molar-refractivity contribution in [2.75, 3.05) is 5.32 Å². The van der Waals surface area contributed by atoms with E-state index in [1.807, 2.05) is 42.7 Å². The lowest BCUT2D eigenvalue weighted by Crippen LogP contribution is -2.10. The fourth-order valence-electron chi connectivity index (χ4n) is 2.56. The van der Waals surface area contributed by atoms with E-state index >= 15 is 0 Å². The van der Waals surface area contributed by atoms with Gasteiger partial charge in [-0.05, 0) is 30.9 Å². The second-order valence-corrected chi connectivity index (χ2v) is 6.98. The van der Waals surface area contributed by atoms with E-state index in [1.54, 1.807) is 6.20 Å². The minimum Gasteiger partial charge on any atom is -0.351 e. The molecule has 0 radical (unpaired) electrons. The number of thioether (sulfide) groups is 1. The van der Waals surface area contributed by atoms with Crippen LogP contribution in [-0.4, -0.2) is 16.0 Å². The predicted octanol–water partition coefficient (Wildman–Crippen LogP) is 3.89. The van der Waals surface area contributed by atoms with Gasteiger partial charge in [0.2, 0.25) is 5.95 Å². The van der Waals surface area contributed by atoms with Gasteiger partial charge in [0.1, 0.15) is 11.6 Å². The molecule has 0 amide bonds. The molecule has 25 heavy (non-hydrogen) atoms. The number of rotatable bonds is 4. The molecule has 124 valence electrons. The fourth-order valence-corrected chi connectivity index (χ4v) is 3.42. The Kier molecular flexibility index (Phi) is 4.16. The van der Waals surface area contributed by atoms with Crippen molar-refractivity contribution in [2.24, 2.45) is 0 Å². The van der Waals surface area contributed by atoms with Crippen LogP contribution in [0.5, 0.6) is 0 Å². The summed E-state index contributed by atoms with van der Waals surface area (Å²) in [6.45, 7) is 1.93. The topological polar surface area (TPSA) is 73.6 Å². The van der Waals surface area contributed by atoms with Crippen LogP contribution in [0.25, 0.3) is 11.3 Å². The summed E-state index contributed by atoms with van der Waals surface area (Å²) in [4.78, 5) is 8.92. The molecule has 2 aromatic rings. The van der Waals surface area contributed by atoms with Crippen molar-refractivity contribution in [1.82, 2.24) is 15.3 Å². The van der Waals surface area contributed by atoms with Crippen molar-refractivity contribution >= 4 is 29.0 Å². The molecule has 2 N–H and O–H groups in total. The number of nitrogens with zero attached hydrogens (tertiary/aromatic N) is 3. The Morgan fingerprint density at radius 2 is 2.12 bits per heavy atom. The number of anilines is 1. The zero-order valence-electron chi connectivity index (χ0n) is 13.8. The smallest absolute Gasteiger partial charge is 0.223 e. The number of nitriles is 1. The zero-order chi connectivity index (χ0) is 17.2. The maximum Gasteiger partial charge on any atom is 0.223 e. The highest BCUT2D eigenvalue weighted by molar-refractivity contribution is 8.06. The number of nitrogens with one attached hydrogen (secondary N) is 2. The minimum absolute atomic E-state index is 0.471. The number of allylic oxidation sites excluding steroid dienone is 1. The Morgan fingerprint density at radius 3 is 2.84 bits per heavy atom. The summed E-state index contributed by atoms with van der Waals surface area (Å²) < 4.78 is 0. The Labute approximate surface area is 150 Å². The third kappa shape index (κ3) is 3.37. The summed E-state index contributed by atoms with van der Waals surface area (Å²) in [5.74, 6) is 0.593. The maximum atomic E-state index is 9.74. The van der Waals surface area contributed by atoms with Gasteiger partial charge in [0, 0.05) is 17.6 Å². The van der Waals surface area contributed by atoms with Gasteiger partial charge in [-0.15, -0.1) is 0 Å². The molecule has 5 nitrogen and oxygen atoms in total. The van der Waals surface area contributed by atoms with Gasteiger partial charge in [0.15, 0.2) is 0 Å². The van der Waals surface area contributed by atoms with Crippen LogP contribution < -0.4 is 10.6 Å². The molecular formula is C19H17N5S. The van der Waals surface area contributed by atoms with Gasteiger partial charge >= 0.3 is 0 Å². The van der Waals surface area contributed by atoms with Crippen molar-refractivity contribution < 1.29 is 0 Å². The van der Waals surface area contributed by atoms with Gasteiger partial charge in [-0.1, -0.05) is 42.1 Å². The first kappa shape index (κ1) is 15.7. The molecule has 0 saturated heterocycles. The molecule has 4 rings (SSSR count). The van der Waals surface area contributed by atoms with Crippen molar-refractivity contribution in [3.05, 3.63) is 63.8 Å². The third-order valence-electron chi connectivity index (χ3n) is 4.09. The second-order valence-electron chi connectivity index (χ2n) is 6.10. The van der Waals surface area contributed by atoms with Crippen molar-refractivity contribution in [1.29, 1.82) is 5.26 Å². The number of hydrogen-bond acceptors (Lipinski definition) is 6. The van der Waals surface area contributed by atoms with E-state index in [4.69, 9.17) is 0 Å². The van der Waals surface area contributed by atoms with E-state index in [-0.39, 0.29) is 0 Å². The van der Waals surface area contributed by atoms with Crippen LogP contribution in [0.15, 0.2) is 47.0 Å². The van der Waals surface area contributed by atoms with Crippen LogP contribution in [0.1, 0.15) is 29.7 Å². The van der Waals surface area contributed by atoms with Gasteiger partial charge in [-0.3, -0.25) is 0 Å². The van der Waals surface area contributed by atoms with Gasteiger partial charge in [0.05, 0.1) is 16.4 Å². The highest BCUT2D eigenvalue weighted by atomic mass is 32.2. The van der Waals surface area contributed by atoms with E-state index in [1.165, 1.54) is 11.8 Å². The van der Waals surface area contributed by atoms with Gasteiger partial charge in [-0.25, -0.2) is 9.97 Å². The monoisotopic (exact) mass is 347 g/mol. The van der Waals surface area contributed by atoms with E-state index < -0.39 is 0 Å². The lowest BCUT2D eigenvalue weighted by Gasteiger charge is -2.10. The highest BCUT2D eigenvalue weighted by Gasteiger charge is 2.24. The average molecular weight is 347 g/mol. The van der Waals surface area contributed by atoms with Crippen LogP contribution >= 0.6 is 11.8 Å². The summed E-state index contributed by atoms with van der Waals surface area (Å²) in [5, 5.41) is 19.2. The van der Waals surface area contributed by atoms with Gasteiger partial charge < -0.3 is 10.6 Å². The average Bonchev–Trinajstić information content (AvgIpc) is 3.32. The van der Waals surface area contributed by atoms with Crippen LogP contribution in [-0.2, 0) is 0 Å². The molecule has 0 atom stereocenters. The summed E-state index contributed by atoms with van der Waals surface area (Å²) in [6, 6.07) is 12.9. The minimum atomic E-state index is 0.471. The van der Waals surface area contributed by atoms with Gasteiger partial charge in [-0.2, -0.15) is 5.26 Å². The summed E-state index contributed by atoms with van der Waals surface area (Å²) in [5.41, 5.74) is 4.21. The molecule has 0 bridgehead atoms. The third-order valence-corrected chi connectivity index (χ3v) is 4.98. The van der Waals surface area contributed by atoms with Crippen molar-refractivity contribution in [2.45, 2.75) is 25.8 Å². The molecule has 1 saturated carbocycles. The molecule has 2 aliphatic rings. The normalized spacial score (nSPS) is 18.2. The lowest BCUT2D eigenvalue weighted by atomic mass is 10.1. The number of aryl methyl sites for hydroxylation is 1. The number of aromatic nitrogens is 2. The molecule has 1 fully saturated rings. The Morgan fingerprint density at radius 1 is 1.32 bits per heavy atom.